The van der Waals surface area contributed by atoms with Crippen LogP contribution in [0.2, 0.25) is 0 Å². The van der Waals surface area contributed by atoms with Gasteiger partial charge in [0.1, 0.15) is 0 Å². The fourth-order valence-corrected chi connectivity index (χ4v) is 3.03. The van der Waals surface area contributed by atoms with Crippen LogP contribution in [-0.4, -0.2) is 33.5 Å². The van der Waals surface area contributed by atoms with Gasteiger partial charge in [0.15, 0.2) is 11.6 Å². The van der Waals surface area contributed by atoms with Gasteiger partial charge in [-0.25, -0.2) is 9.97 Å². The maximum absolute atomic E-state index is 12.5. The molecule has 4 heterocycles. The minimum atomic E-state index is -0.103. The Morgan fingerprint density at radius 1 is 1.36 bits per heavy atom. The standard InChI is InChI=1S/C18H18N4O3/c1-24-16-5-4-12(9-19-16)10-22-7-6-14-13(11-22)18(23)21-17(20-14)15-3-2-8-25-15/h2-5,8-9H,6-7,10-11H2,1H3,(H,20,21,23). The fraction of sp³-hybridized carbons (Fsp3) is 0.278. The van der Waals surface area contributed by atoms with Crippen molar-refractivity contribution >= 4 is 0 Å². The van der Waals surface area contributed by atoms with Crippen LogP contribution in [0.3, 0.4) is 0 Å². The molecule has 0 aromatic carbocycles. The monoisotopic (exact) mass is 338 g/mol. The molecule has 3 aromatic heterocycles. The summed E-state index contributed by atoms with van der Waals surface area (Å²) < 4.78 is 10.4. The number of nitrogens with one attached hydrogen (secondary N) is 1. The van der Waals surface area contributed by atoms with Gasteiger partial charge in [0.05, 0.1) is 24.6 Å². The zero-order chi connectivity index (χ0) is 17.2. The summed E-state index contributed by atoms with van der Waals surface area (Å²) in [7, 11) is 1.60. The summed E-state index contributed by atoms with van der Waals surface area (Å²) in [6.45, 7) is 2.14. The van der Waals surface area contributed by atoms with Gasteiger partial charge in [-0.2, -0.15) is 0 Å². The zero-order valence-electron chi connectivity index (χ0n) is 13.9. The van der Waals surface area contributed by atoms with Crippen LogP contribution in [0.25, 0.3) is 11.6 Å². The minimum Gasteiger partial charge on any atom is -0.481 e. The first-order valence-electron chi connectivity index (χ1n) is 8.10. The molecule has 0 fully saturated rings. The maximum atomic E-state index is 12.5. The topological polar surface area (TPSA) is 84.2 Å². The Kier molecular flexibility index (Phi) is 4.07. The second kappa shape index (κ2) is 6.52. The SMILES string of the molecule is COc1ccc(CN2CCc3nc(-c4ccco4)[nH]c(=O)c3C2)cn1. The molecule has 3 aromatic rings. The van der Waals surface area contributed by atoms with Crippen LogP contribution in [0.1, 0.15) is 16.8 Å². The Bertz CT molecular complexity index is 916. The van der Waals surface area contributed by atoms with Crippen LogP contribution < -0.4 is 10.3 Å². The number of pyridine rings is 1. The van der Waals surface area contributed by atoms with Crippen LogP contribution in [0.15, 0.2) is 45.9 Å². The number of nitrogens with zero attached hydrogens (tertiary/aromatic N) is 3. The number of methoxy groups -OCH3 is 1. The number of ether oxygens (including phenoxy) is 1. The van der Waals surface area contributed by atoms with Gasteiger partial charge in [0.2, 0.25) is 5.88 Å². The zero-order valence-corrected chi connectivity index (χ0v) is 13.9. The van der Waals surface area contributed by atoms with E-state index >= 15 is 0 Å². The average Bonchev–Trinajstić information content (AvgIpc) is 3.17. The first kappa shape index (κ1) is 15.6. The summed E-state index contributed by atoms with van der Waals surface area (Å²) in [5.41, 5.74) is 2.55. The van der Waals surface area contributed by atoms with Crippen LogP contribution in [0.5, 0.6) is 5.88 Å². The Labute approximate surface area is 144 Å². The van der Waals surface area contributed by atoms with Crippen molar-refractivity contribution in [3.8, 4) is 17.5 Å². The molecule has 0 unspecified atom stereocenters. The molecule has 0 radical (unpaired) electrons. The Morgan fingerprint density at radius 2 is 2.28 bits per heavy atom. The Morgan fingerprint density at radius 3 is 3.00 bits per heavy atom. The summed E-state index contributed by atoms with van der Waals surface area (Å²) in [5.74, 6) is 1.66. The van der Waals surface area contributed by atoms with E-state index in [1.807, 2.05) is 12.1 Å². The molecule has 25 heavy (non-hydrogen) atoms. The van der Waals surface area contributed by atoms with Gasteiger partial charge >= 0.3 is 0 Å². The second-order valence-corrected chi connectivity index (χ2v) is 5.99. The molecule has 0 bridgehead atoms. The smallest absolute Gasteiger partial charge is 0.256 e. The van der Waals surface area contributed by atoms with Crippen molar-refractivity contribution in [1.82, 2.24) is 19.9 Å². The summed E-state index contributed by atoms with van der Waals surface area (Å²) in [6, 6.07) is 7.40. The third-order valence-electron chi connectivity index (χ3n) is 4.32. The van der Waals surface area contributed by atoms with E-state index in [4.69, 9.17) is 9.15 Å². The molecule has 0 saturated heterocycles. The summed E-state index contributed by atoms with van der Waals surface area (Å²) in [6.07, 6.45) is 4.10. The lowest BCUT2D eigenvalue weighted by Crippen LogP contribution is -2.35. The lowest BCUT2D eigenvalue weighted by Gasteiger charge is -2.27. The highest BCUT2D eigenvalue weighted by atomic mass is 16.5. The van der Waals surface area contributed by atoms with Crippen molar-refractivity contribution in [1.29, 1.82) is 0 Å². The molecular weight excluding hydrogens is 320 g/mol. The van der Waals surface area contributed by atoms with Gasteiger partial charge in [-0.05, 0) is 17.7 Å². The van der Waals surface area contributed by atoms with Gasteiger partial charge in [-0.1, -0.05) is 6.07 Å². The Balaban J connectivity index is 1.54. The normalized spacial score (nSPS) is 14.3. The number of aromatic amines is 1. The van der Waals surface area contributed by atoms with E-state index in [0.717, 1.165) is 36.3 Å². The Hall–Kier alpha value is -2.93. The second-order valence-electron chi connectivity index (χ2n) is 5.99. The van der Waals surface area contributed by atoms with E-state index in [1.54, 1.807) is 31.7 Å². The summed E-state index contributed by atoms with van der Waals surface area (Å²) in [5, 5.41) is 0. The van der Waals surface area contributed by atoms with E-state index < -0.39 is 0 Å². The predicted octanol–water partition coefficient (Wildman–Crippen LogP) is 1.99. The molecule has 4 rings (SSSR count). The molecule has 0 atom stereocenters. The van der Waals surface area contributed by atoms with Gasteiger partial charge in [-0.3, -0.25) is 9.69 Å². The van der Waals surface area contributed by atoms with E-state index in [2.05, 4.69) is 19.9 Å². The number of aromatic nitrogens is 3. The summed E-state index contributed by atoms with van der Waals surface area (Å²) in [4.78, 5) is 26.3. The highest BCUT2D eigenvalue weighted by Crippen LogP contribution is 2.20. The van der Waals surface area contributed by atoms with Crippen molar-refractivity contribution in [2.75, 3.05) is 13.7 Å². The van der Waals surface area contributed by atoms with Crippen LogP contribution in [-0.2, 0) is 19.5 Å². The van der Waals surface area contributed by atoms with Crippen molar-refractivity contribution in [3.63, 3.8) is 0 Å². The first-order valence-corrected chi connectivity index (χ1v) is 8.10. The molecule has 1 aliphatic rings. The van der Waals surface area contributed by atoms with Gasteiger partial charge in [0, 0.05) is 38.3 Å². The van der Waals surface area contributed by atoms with E-state index in [9.17, 15) is 4.79 Å². The number of furan rings is 1. The van der Waals surface area contributed by atoms with Gasteiger partial charge in [0.25, 0.3) is 5.56 Å². The molecule has 0 saturated carbocycles. The van der Waals surface area contributed by atoms with Crippen molar-refractivity contribution in [2.24, 2.45) is 0 Å². The third kappa shape index (κ3) is 3.18. The van der Waals surface area contributed by atoms with Gasteiger partial charge in [-0.15, -0.1) is 0 Å². The molecule has 0 amide bonds. The van der Waals surface area contributed by atoms with Gasteiger partial charge < -0.3 is 14.1 Å². The van der Waals surface area contributed by atoms with E-state index in [1.165, 1.54) is 0 Å². The largest absolute Gasteiger partial charge is 0.481 e. The quantitative estimate of drug-likeness (QED) is 0.783. The van der Waals surface area contributed by atoms with E-state index in [-0.39, 0.29) is 5.56 Å². The van der Waals surface area contributed by atoms with E-state index in [0.29, 0.717) is 24.0 Å². The van der Waals surface area contributed by atoms with Crippen LogP contribution >= 0.6 is 0 Å². The predicted molar refractivity (Wildman–Crippen MR) is 91.2 cm³/mol. The first-order chi connectivity index (χ1) is 12.2. The van der Waals surface area contributed by atoms with Crippen LogP contribution in [0.4, 0.5) is 0 Å². The molecule has 1 aliphatic heterocycles. The number of rotatable bonds is 4. The highest BCUT2D eigenvalue weighted by molar-refractivity contribution is 5.47. The minimum absolute atomic E-state index is 0.103. The molecule has 128 valence electrons. The maximum Gasteiger partial charge on any atom is 0.256 e. The molecule has 0 spiro atoms. The summed E-state index contributed by atoms with van der Waals surface area (Å²) >= 11 is 0. The highest BCUT2D eigenvalue weighted by Gasteiger charge is 2.22. The lowest BCUT2D eigenvalue weighted by molar-refractivity contribution is 0.241. The molecule has 1 N–H and O–H groups in total. The average molecular weight is 338 g/mol. The van der Waals surface area contributed by atoms with Crippen molar-refractivity contribution in [3.05, 3.63) is 63.9 Å². The third-order valence-corrected chi connectivity index (χ3v) is 4.32. The fourth-order valence-electron chi connectivity index (χ4n) is 3.03. The number of fused-ring (bicyclic) bond motifs is 1. The number of hydrogen-bond acceptors (Lipinski definition) is 6. The molecule has 7 nitrogen and oxygen atoms in total. The molecular formula is C18H18N4O3. The number of H-pyrrole nitrogens is 1. The lowest BCUT2D eigenvalue weighted by atomic mass is 10.1. The van der Waals surface area contributed by atoms with Crippen molar-refractivity contribution in [2.45, 2.75) is 19.5 Å². The molecule has 7 heteroatoms. The van der Waals surface area contributed by atoms with Crippen LogP contribution in [0, 0.1) is 0 Å². The molecule has 0 aliphatic carbocycles. The van der Waals surface area contributed by atoms with Crippen molar-refractivity contribution < 1.29 is 9.15 Å². The number of hydrogen-bond donors (Lipinski definition) is 1.